The molecule has 1 heterocycles. The second-order valence-electron chi connectivity index (χ2n) is 6.15. The van der Waals surface area contributed by atoms with E-state index >= 15 is 0 Å². The van der Waals surface area contributed by atoms with E-state index in [1.54, 1.807) is 31.4 Å². The number of nitrogens with zero attached hydrogens (tertiary/aromatic N) is 2. The van der Waals surface area contributed by atoms with Gasteiger partial charge in [-0.25, -0.2) is 4.99 Å². The van der Waals surface area contributed by atoms with E-state index in [0.717, 1.165) is 24.3 Å². The molecule has 0 saturated carbocycles. The summed E-state index contributed by atoms with van der Waals surface area (Å²) in [4.78, 5) is 19.6. The molecule has 1 saturated heterocycles. The molecule has 29 heavy (non-hydrogen) atoms. The molecule has 0 bridgehead atoms. The molecule has 8 heteroatoms. The van der Waals surface area contributed by atoms with Gasteiger partial charge in [0.05, 0.1) is 27.7 Å². The first kappa shape index (κ1) is 21.6. The Kier molecular flexibility index (Phi) is 7.11. The molecule has 1 amide bonds. The number of hydrogen-bond donors (Lipinski definition) is 1. The lowest BCUT2D eigenvalue weighted by atomic mass is 10.1. The van der Waals surface area contributed by atoms with Crippen molar-refractivity contribution < 1.29 is 9.53 Å². The summed E-state index contributed by atoms with van der Waals surface area (Å²) in [6.45, 7) is 6.03. The van der Waals surface area contributed by atoms with Crippen molar-refractivity contribution in [2.45, 2.75) is 13.8 Å². The first-order valence-corrected chi connectivity index (χ1v) is 10.7. The van der Waals surface area contributed by atoms with Gasteiger partial charge in [-0.05, 0) is 56.0 Å². The van der Waals surface area contributed by atoms with Gasteiger partial charge in [0.25, 0.3) is 5.91 Å². The number of rotatable bonds is 6. The lowest BCUT2D eigenvalue weighted by Crippen LogP contribution is -2.21. The topological polar surface area (TPSA) is 53.9 Å². The minimum Gasteiger partial charge on any atom is -0.496 e. The van der Waals surface area contributed by atoms with Crippen LogP contribution >= 0.6 is 35.0 Å². The number of methoxy groups -OCH3 is 1. The Balaban J connectivity index is 1.88. The van der Waals surface area contributed by atoms with Crippen molar-refractivity contribution in [1.82, 2.24) is 5.32 Å². The molecule has 0 aromatic heterocycles. The van der Waals surface area contributed by atoms with Gasteiger partial charge in [-0.2, -0.15) is 0 Å². The molecule has 1 N–H and O–H groups in total. The zero-order chi connectivity index (χ0) is 21.0. The van der Waals surface area contributed by atoms with Gasteiger partial charge < -0.3 is 15.0 Å². The minimum absolute atomic E-state index is 0.221. The van der Waals surface area contributed by atoms with Crippen molar-refractivity contribution >= 4 is 63.5 Å². The molecule has 1 aliphatic rings. The number of amidine groups is 1. The van der Waals surface area contributed by atoms with Gasteiger partial charge in [-0.1, -0.05) is 29.3 Å². The van der Waals surface area contributed by atoms with Gasteiger partial charge in [0.2, 0.25) is 0 Å². The van der Waals surface area contributed by atoms with Crippen LogP contribution in [0.2, 0.25) is 10.0 Å². The van der Waals surface area contributed by atoms with Gasteiger partial charge in [0, 0.05) is 30.4 Å². The Morgan fingerprint density at radius 1 is 1.21 bits per heavy atom. The number of anilines is 1. The van der Waals surface area contributed by atoms with Crippen LogP contribution in [0.4, 0.5) is 11.4 Å². The highest BCUT2D eigenvalue weighted by Crippen LogP contribution is 2.35. The number of aliphatic imine (C=N–C) groups is 1. The average Bonchev–Trinajstić information content (AvgIpc) is 3.06. The van der Waals surface area contributed by atoms with Crippen molar-refractivity contribution in [2.24, 2.45) is 4.99 Å². The molecule has 2 aromatic carbocycles. The van der Waals surface area contributed by atoms with Crippen LogP contribution in [0.5, 0.6) is 5.75 Å². The molecule has 1 fully saturated rings. The third kappa shape index (κ3) is 4.89. The molecule has 0 atom stereocenters. The van der Waals surface area contributed by atoms with Crippen LogP contribution in [-0.2, 0) is 4.79 Å². The van der Waals surface area contributed by atoms with Crippen molar-refractivity contribution in [1.29, 1.82) is 0 Å². The summed E-state index contributed by atoms with van der Waals surface area (Å²) < 4.78 is 5.55. The van der Waals surface area contributed by atoms with Gasteiger partial charge in [-0.3, -0.25) is 4.79 Å². The van der Waals surface area contributed by atoms with E-state index in [0.29, 0.717) is 31.6 Å². The number of carbonyl (C=O) groups excluding carboxylic acids is 1. The van der Waals surface area contributed by atoms with E-state index < -0.39 is 0 Å². The van der Waals surface area contributed by atoms with E-state index in [4.69, 9.17) is 27.9 Å². The van der Waals surface area contributed by atoms with Crippen LogP contribution in [0.3, 0.4) is 0 Å². The number of thioether (sulfide) groups is 1. The second kappa shape index (κ2) is 9.57. The Hall–Kier alpha value is -2.15. The maximum absolute atomic E-state index is 12.4. The number of hydrogen-bond acceptors (Lipinski definition) is 5. The van der Waals surface area contributed by atoms with Gasteiger partial charge in [-0.15, -0.1) is 0 Å². The van der Waals surface area contributed by atoms with E-state index in [1.807, 2.05) is 18.2 Å². The highest BCUT2D eigenvalue weighted by atomic mass is 35.5. The molecule has 0 aliphatic carbocycles. The Morgan fingerprint density at radius 2 is 1.97 bits per heavy atom. The monoisotopic (exact) mass is 449 g/mol. The Labute approximate surface area is 184 Å². The molecule has 152 valence electrons. The van der Waals surface area contributed by atoms with E-state index in [-0.39, 0.29) is 5.91 Å². The van der Waals surface area contributed by atoms with Crippen molar-refractivity contribution in [3.05, 3.63) is 56.9 Å². The van der Waals surface area contributed by atoms with Crippen LogP contribution in [0.1, 0.15) is 19.4 Å². The first-order chi connectivity index (χ1) is 14.0. The van der Waals surface area contributed by atoms with Crippen LogP contribution in [0.25, 0.3) is 6.08 Å². The largest absolute Gasteiger partial charge is 0.496 e. The van der Waals surface area contributed by atoms with Crippen LogP contribution in [-0.4, -0.2) is 31.3 Å². The highest BCUT2D eigenvalue weighted by molar-refractivity contribution is 8.18. The van der Waals surface area contributed by atoms with E-state index in [9.17, 15) is 4.79 Å². The van der Waals surface area contributed by atoms with Gasteiger partial charge >= 0.3 is 0 Å². The van der Waals surface area contributed by atoms with Crippen molar-refractivity contribution in [2.75, 3.05) is 25.1 Å². The van der Waals surface area contributed by atoms with Gasteiger partial charge in [0.1, 0.15) is 5.75 Å². The minimum atomic E-state index is -0.221. The summed E-state index contributed by atoms with van der Waals surface area (Å²) in [6.07, 6.45) is 1.80. The smallest absolute Gasteiger partial charge is 0.264 e. The Morgan fingerprint density at radius 3 is 2.66 bits per heavy atom. The predicted octanol–water partition coefficient (Wildman–Crippen LogP) is 5.74. The molecule has 0 unspecified atom stereocenters. The number of benzene rings is 2. The lowest BCUT2D eigenvalue weighted by molar-refractivity contribution is -0.115. The van der Waals surface area contributed by atoms with E-state index in [1.165, 1.54) is 11.8 Å². The average molecular weight is 450 g/mol. The lowest BCUT2D eigenvalue weighted by Gasteiger charge is -2.22. The molecular formula is C21H21Cl2N3O2S. The maximum Gasteiger partial charge on any atom is 0.264 e. The molecule has 1 aliphatic heterocycles. The number of nitrogens with one attached hydrogen (secondary N) is 1. The third-order valence-electron chi connectivity index (χ3n) is 4.44. The quantitative estimate of drug-likeness (QED) is 0.571. The number of amides is 1. The summed E-state index contributed by atoms with van der Waals surface area (Å²) in [6, 6.07) is 11.2. The fourth-order valence-electron chi connectivity index (χ4n) is 2.91. The standard InChI is InChI=1S/C21H21Cl2N3O2S/c1-4-26(5-2)14-10-9-13(17(12-14)28-3)11-18-20(27)25-21(29-18)24-16-8-6-7-15(22)19(16)23/h6-12H,4-5H2,1-3H3,(H,24,25,27)/b18-11-. The van der Waals surface area contributed by atoms with Gasteiger partial charge in [0.15, 0.2) is 5.17 Å². The Bertz CT molecular complexity index is 988. The van der Waals surface area contributed by atoms with Crippen molar-refractivity contribution in [3.8, 4) is 5.75 Å². The molecule has 0 radical (unpaired) electrons. The molecule has 0 spiro atoms. The summed E-state index contributed by atoms with van der Waals surface area (Å²) in [5.41, 5.74) is 2.41. The normalized spacial score (nSPS) is 16.4. The van der Waals surface area contributed by atoms with E-state index in [2.05, 4.69) is 29.1 Å². The molecule has 2 aromatic rings. The fraction of sp³-hybridized carbons (Fsp3) is 0.238. The van der Waals surface area contributed by atoms with Crippen LogP contribution < -0.4 is 15.0 Å². The summed E-state index contributed by atoms with van der Waals surface area (Å²) in [5.74, 6) is 0.486. The summed E-state index contributed by atoms with van der Waals surface area (Å²) in [5, 5.41) is 3.97. The SMILES string of the molecule is CCN(CC)c1ccc(/C=C2\SC(=Nc3cccc(Cl)c3Cl)NC2=O)c(OC)c1. The van der Waals surface area contributed by atoms with Crippen LogP contribution in [0.15, 0.2) is 46.3 Å². The third-order valence-corrected chi connectivity index (χ3v) is 6.16. The van der Waals surface area contributed by atoms with Crippen LogP contribution in [0, 0.1) is 0 Å². The summed E-state index contributed by atoms with van der Waals surface area (Å²) in [7, 11) is 1.62. The molecular weight excluding hydrogens is 429 g/mol. The second-order valence-corrected chi connectivity index (χ2v) is 7.97. The molecule has 3 rings (SSSR count). The number of halogens is 2. The first-order valence-electron chi connectivity index (χ1n) is 9.13. The maximum atomic E-state index is 12.4. The molecule has 5 nitrogen and oxygen atoms in total. The highest BCUT2D eigenvalue weighted by Gasteiger charge is 2.24. The number of carbonyl (C=O) groups is 1. The predicted molar refractivity (Wildman–Crippen MR) is 124 cm³/mol. The summed E-state index contributed by atoms with van der Waals surface area (Å²) >= 11 is 13.5. The number of ether oxygens (including phenoxy) is 1. The zero-order valence-electron chi connectivity index (χ0n) is 16.3. The zero-order valence-corrected chi connectivity index (χ0v) is 18.7. The fourth-order valence-corrected chi connectivity index (χ4v) is 4.08. The van der Waals surface area contributed by atoms with Crippen molar-refractivity contribution in [3.63, 3.8) is 0 Å².